The van der Waals surface area contributed by atoms with Crippen molar-refractivity contribution in [3.8, 4) is 11.5 Å². The van der Waals surface area contributed by atoms with Gasteiger partial charge in [-0.15, -0.1) is 0 Å². The van der Waals surface area contributed by atoms with Gasteiger partial charge in [0.05, 0.1) is 18.8 Å². The summed E-state index contributed by atoms with van der Waals surface area (Å²) < 4.78 is 12.5. The zero-order chi connectivity index (χ0) is 20.9. The maximum Gasteiger partial charge on any atom is 0.183 e. The van der Waals surface area contributed by atoms with E-state index < -0.39 is 5.72 Å². The number of methoxy groups -OCH3 is 1. The molecule has 0 aromatic heterocycles. The van der Waals surface area contributed by atoms with Crippen LogP contribution in [0, 0.1) is 0 Å². The molecular formula is C24H28ClN3O2. The molecule has 2 aromatic carbocycles. The van der Waals surface area contributed by atoms with Crippen LogP contribution in [-0.4, -0.2) is 41.9 Å². The van der Waals surface area contributed by atoms with Crippen molar-refractivity contribution in [1.82, 2.24) is 15.3 Å². The number of likely N-dealkylation sites (tertiary alicyclic amines) is 1. The molecule has 0 unspecified atom stereocenters. The molecule has 1 fully saturated rings. The van der Waals surface area contributed by atoms with Crippen LogP contribution in [0.3, 0.4) is 0 Å². The number of hydrogen-bond acceptors (Lipinski definition) is 5. The van der Waals surface area contributed by atoms with Gasteiger partial charge in [0.2, 0.25) is 0 Å². The molecular weight excluding hydrogens is 398 g/mol. The van der Waals surface area contributed by atoms with Crippen LogP contribution in [-0.2, 0) is 0 Å². The van der Waals surface area contributed by atoms with Crippen LogP contribution in [0.5, 0.6) is 11.5 Å². The number of nitrogens with one attached hydrogen (secondary N) is 1. The van der Waals surface area contributed by atoms with Crippen LogP contribution >= 0.6 is 11.6 Å². The Morgan fingerprint density at radius 2 is 1.90 bits per heavy atom. The van der Waals surface area contributed by atoms with Crippen LogP contribution in [0.4, 0.5) is 0 Å². The second-order valence-corrected chi connectivity index (χ2v) is 8.95. The van der Waals surface area contributed by atoms with Crippen molar-refractivity contribution in [2.45, 2.75) is 44.5 Å². The summed E-state index contributed by atoms with van der Waals surface area (Å²) >= 11 is 6.52. The molecule has 3 aliphatic heterocycles. The molecule has 158 valence electrons. The average molecular weight is 426 g/mol. The van der Waals surface area contributed by atoms with Crippen molar-refractivity contribution < 1.29 is 9.47 Å². The van der Waals surface area contributed by atoms with E-state index in [1.807, 2.05) is 30.3 Å². The molecule has 2 aromatic rings. The van der Waals surface area contributed by atoms with E-state index in [4.69, 9.17) is 21.1 Å². The molecule has 30 heavy (non-hydrogen) atoms. The Kier molecular flexibility index (Phi) is 4.92. The van der Waals surface area contributed by atoms with E-state index >= 15 is 0 Å². The molecule has 6 heteroatoms. The third kappa shape index (κ3) is 3.08. The summed E-state index contributed by atoms with van der Waals surface area (Å²) in [5.41, 5.74) is 6.37. The number of fused-ring (bicyclic) bond motifs is 4. The highest BCUT2D eigenvalue weighted by atomic mass is 35.5. The number of hydrogen-bond donors (Lipinski definition) is 1. The molecule has 1 spiro atoms. The largest absolute Gasteiger partial charge is 0.493 e. The maximum atomic E-state index is 6.78. The van der Waals surface area contributed by atoms with Crippen molar-refractivity contribution in [3.63, 3.8) is 0 Å². The zero-order valence-corrected chi connectivity index (χ0v) is 18.4. The number of halogens is 1. The first-order valence-electron chi connectivity index (χ1n) is 10.6. The number of hydrazine groups is 1. The summed E-state index contributed by atoms with van der Waals surface area (Å²) in [6.07, 6.45) is 4.09. The van der Waals surface area contributed by atoms with E-state index in [1.54, 1.807) is 7.11 Å². The van der Waals surface area contributed by atoms with Gasteiger partial charge in [0.1, 0.15) is 0 Å². The summed E-state index contributed by atoms with van der Waals surface area (Å²) in [6.45, 7) is 6.50. The van der Waals surface area contributed by atoms with Gasteiger partial charge in [-0.25, -0.2) is 0 Å². The Bertz CT molecular complexity index is 982. The summed E-state index contributed by atoms with van der Waals surface area (Å²) in [6, 6.07) is 14.7. The molecule has 3 aliphatic rings. The minimum atomic E-state index is -0.433. The van der Waals surface area contributed by atoms with Gasteiger partial charge in [-0.3, -0.25) is 0 Å². The molecule has 1 atom stereocenters. The molecule has 5 nitrogen and oxygen atoms in total. The monoisotopic (exact) mass is 425 g/mol. The van der Waals surface area contributed by atoms with Gasteiger partial charge in [-0.1, -0.05) is 41.9 Å². The van der Waals surface area contributed by atoms with Gasteiger partial charge in [-0.05, 0) is 32.1 Å². The molecule has 5 rings (SSSR count). The second kappa shape index (κ2) is 7.49. The zero-order valence-electron chi connectivity index (χ0n) is 17.7. The summed E-state index contributed by atoms with van der Waals surface area (Å²) in [5, 5.41) is 3.04. The van der Waals surface area contributed by atoms with Gasteiger partial charge in [0, 0.05) is 48.1 Å². The van der Waals surface area contributed by atoms with E-state index in [0.717, 1.165) is 59.3 Å². The molecule has 1 saturated heterocycles. The van der Waals surface area contributed by atoms with Crippen LogP contribution in [0.25, 0.3) is 5.70 Å². The first-order valence-corrected chi connectivity index (χ1v) is 11.0. The summed E-state index contributed by atoms with van der Waals surface area (Å²) in [5.74, 6) is 1.65. The van der Waals surface area contributed by atoms with Crippen LogP contribution in [0.1, 0.15) is 43.9 Å². The predicted molar refractivity (Wildman–Crippen MR) is 119 cm³/mol. The second-order valence-electron chi connectivity index (χ2n) is 8.54. The van der Waals surface area contributed by atoms with E-state index in [2.05, 4.69) is 47.4 Å². The van der Waals surface area contributed by atoms with Crippen molar-refractivity contribution in [3.05, 3.63) is 64.7 Å². The minimum absolute atomic E-state index is 0.0562. The van der Waals surface area contributed by atoms with Crippen LogP contribution < -0.4 is 14.9 Å². The number of piperidine rings is 1. The lowest BCUT2D eigenvalue weighted by atomic mass is 9.92. The average Bonchev–Trinajstić information content (AvgIpc) is 3.21. The Hall–Kier alpha value is -2.21. The van der Waals surface area contributed by atoms with E-state index in [-0.39, 0.29) is 6.04 Å². The number of rotatable bonds is 3. The highest BCUT2D eigenvalue weighted by Crippen LogP contribution is 2.51. The Morgan fingerprint density at radius 1 is 1.13 bits per heavy atom. The molecule has 0 amide bonds. The molecule has 0 radical (unpaired) electrons. The van der Waals surface area contributed by atoms with Crippen molar-refractivity contribution >= 4 is 17.3 Å². The van der Waals surface area contributed by atoms with Crippen molar-refractivity contribution in [2.24, 2.45) is 0 Å². The van der Waals surface area contributed by atoms with E-state index in [9.17, 15) is 0 Å². The van der Waals surface area contributed by atoms with Crippen LogP contribution in [0.2, 0.25) is 5.02 Å². The Morgan fingerprint density at radius 3 is 2.60 bits per heavy atom. The molecule has 3 heterocycles. The molecule has 0 aliphatic carbocycles. The van der Waals surface area contributed by atoms with Crippen LogP contribution in [0.15, 0.2) is 48.5 Å². The lowest BCUT2D eigenvalue weighted by molar-refractivity contribution is -0.162. The smallest absolute Gasteiger partial charge is 0.183 e. The van der Waals surface area contributed by atoms with Crippen molar-refractivity contribution in [2.75, 3.05) is 20.2 Å². The topological polar surface area (TPSA) is 37.0 Å². The fourth-order valence-electron chi connectivity index (χ4n) is 4.89. The molecule has 0 saturated carbocycles. The fraction of sp³-hybridized carbons (Fsp3) is 0.417. The summed E-state index contributed by atoms with van der Waals surface area (Å²) in [4.78, 5) is 2.51. The maximum absolute atomic E-state index is 6.78. The fourth-order valence-corrected chi connectivity index (χ4v) is 5.13. The Balaban J connectivity index is 1.58. The standard InChI is InChI=1S/C24H28ClN3O2/c1-16(2)27-13-11-24(12-14-27)28-21(18-8-6-10-22(29-3)23(18)30-24)15-20(26-28)17-7-4-5-9-19(17)25/h4-10,15-16,21,26H,11-14H2,1-3H3/t21-/m1/s1. The normalized spacial score (nSPS) is 22.8. The number of benzene rings is 2. The third-order valence-electron chi connectivity index (χ3n) is 6.60. The number of para-hydroxylation sites is 1. The van der Waals surface area contributed by atoms with Gasteiger partial charge in [0.25, 0.3) is 0 Å². The lowest BCUT2D eigenvalue weighted by Crippen LogP contribution is -2.64. The highest BCUT2D eigenvalue weighted by Gasteiger charge is 2.52. The van der Waals surface area contributed by atoms with E-state index in [1.165, 1.54) is 0 Å². The first-order chi connectivity index (χ1) is 14.5. The van der Waals surface area contributed by atoms with E-state index in [0.29, 0.717) is 6.04 Å². The highest BCUT2D eigenvalue weighted by molar-refractivity contribution is 6.32. The SMILES string of the molecule is COc1cccc2c1OC1(CCN(C(C)C)CC1)N1NC(c3ccccc3Cl)=C[C@H]21. The van der Waals surface area contributed by atoms with Gasteiger partial charge < -0.3 is 19.8 Å². The van der Waals surface area contributed by atoms with Gasteiger partial charge in [0.15, 0.2) is 17.2 Å². The number of nitrogens with zero attached hydrogens (tertiary/aromatic N) is 2. The molecule has 1 N–H and O–H groups in total. The molecule has 0 bridgehead atoms. The number of ether oxygens (including phenoxy) is 2. The quantitative estimate of drug-likeness (QED) is 0.761. The minimum Gasteiger partial charge on any atom is -0.493 e. The lowest BCUT2D eigenvalue weighted by Gasteiger charge is -2.52. The predicted octanol–water partition coefficient (Wildman–Crippen LogP) is 4.84. The van der Waals surface area contributed by atoms with Gasteiger partial charge in [-0.2, -0.15) is 5.01 Å². The summed E-state index contributed by atoms with van der Waals surface area (Å²) in [7, 11) is 1.71. The Labute approximate surface area is 183 Å². The van der Waals surface area contributed by atoms with Gasteiger partial charge >= 0.3 is 0 Å². The third-order valence-corrected chi connectivity index (χ3v) is 6.93. The van der Waals surface area contributed by atoms with Crippen molar-refractivity contribution in [1.29, 1.82) is 0 Å². The first kappa shape index (κ1) is 19.7.